The fraction of sp³-hybridized carbons (Fsp3) is 0.167. The molecule has 0 N–H and O–H groups in total. The number of hydrogen-bond donors (Lipinski definition) is 0. The number of alkyl halides is 3. The van der Waals surface area contributed by atoms with Crippen LogP contribution in [0.2, 0.25) is 0 Å². The molecule has 0 unspecified atom stereocenters. The van der Waals surface area contributed by atoms with Gasteiger partial charge in [0.2, 0.25) is 0 Å². The monoisotopic (exact) mass is 512 g/mol. The number of rotatable bonds is 5. The summed E-state index contributed by atoms with van der Waals surface area (Å²) in [5.74, 6) is 0.469. The highest BCUT2D eigenvalue weighted by molar-refractivity contribution is 7.90. The molecule has 8 nitrogen and oxygen atoms in total. The number of fused-ring (bicyclic) bond motifs is 1. The molecule has 36 heavy (non-hydrogen) atoms. The van der Waals surface area contributed by atoms with Crippen LogP contribution < -0.4 is 0 Å². The molecule has 3 aromatic heterocycles. The van der Waals surface area contributed by atoms with E-state index in [4.69, 9.17) is 0 Å². The Morgan fingerprint density at radius 1 is 0.972 bits per heavy atom. The van der Waals surface area contributed by atoms with E-state index < -0.39 is 21.7 Å². The number of nitrogens with zero attached hydrogens (tertiary/aromatic N) is 6. The standard InChI is InChI=1S/C24H19F3N6O2S/c1-32-14-20(24(25,26)27)30-22(32)16-9-7-15(8-10-16)13-33-23-17(12-29-33)11-28-21(31-23)18-5-3-4-6-19(18)36(2,34)35/h3-12,14H,13H2,1-2H3. The van der Waals surface area contributed by atoms with Crippen molar-refractivity contribution in [1.29, 1.82) is 0 Å². The largest absolute Gasteiger partial charge is 0.434 e. The third-order valence-corrected chi connectivity index (χ3v) is 6.77. The van der Waals surface area contributed by atoms with Crippen LogP contribution in [-0.4, -0.2) is 44.0 Å². The van der Waals surface area contributed by atoms with Gasteiger partial charge in [-0.15, -0.1) is 0 Å². The van der Waals surface area contributed by atoms with E-state index in [-0.39, 0.29) is 16.5 Å². The zero-order valence-electron chi connectivity index (χ0n) is 19.1. The van der Waals surface area contributed by atoms with Crippen molar-refractivity contribution in [3.63, 3.8) is 0 Å². The fourth-order valence-corrected chi connectivity index (χ4v) is 4.77. The Morgan fingerprint density at radius 2 is 1.69 bits per heavy atom. The second-order valence-electron chi connectivity index (χ2n) is 8.30. The first kappa shape index (κ1) is 23.7. The number of sulfone groups is 1. The summed E-state index contributed by atoms with van der Waals surface area (Å²) < 4.78 is 66.4. The van der Waals surface area contributed by atoms with E-state index in [0.717, 1.165) is 18.0 Å². The van der Waals surface area contributed by atoms with Crippen LogP contribution in [-0.2, 0) is 29.6 Å². The molecule has 0 saturated carbocycles. The molecule has 3 heterocycles. The predicted molar refractivity (Wildman–Crippen MR) is 127 cm³/mol. The minimum absolute atomic E-state index is 0.133. The number of imidazole rings is 1. The molecule has 0 bridgehead atoms. The molecule has 0 atom stereocenters. The van der Waals surface area contributed by atoms with Crippen LogP contribution in [0.25, 0.3) is 33.8 Å². The molecule has 0 saturated heterocycles. The van der Waals surface area contributed by atoms with Gasteiger partial charge in [0.25, 0.3) is 0 Å². The van der Waals surface area contributed by atoms with Gasteiger partial charge >= 0.3 is 6.18 Å². The van der Waals surface area contributed by atoms with Crippen molar-refractivity contribution in [1.82, 2.24) is 29.3 Å². The van der Waals surface area contributed by atoms with Gasteiger partial charge in [-0.25, -0.2) is 28.1 Å². The molecule has 184 valence electrons. The van der Waals surface area contributed by atoms with Gasteiger partial charge in [-0.05, 0) is 17.7 Å². The molecule has 5 aromatic rings. The lowest BCUT2D eigenvalue weighted by molar-refractivity contribution is -0.140. The molecule has 12 heteroatoms. The molecular formula is C24H19F3N6O2S. The van der Waals surface area contributed by atoms with Gasteiger partial charge in [0, 0.05) is 36.8 Å². The lowest BCUT2D eigenvalue weighted by Gasteiger charge is -2.08. The van der Waals surface area contributed by atoms with Crippen molar-refractivity contribution in [2.75, 3.05) is 6.26 Å². The normalized spacial score (nSPS) is 12.4. The minimum Gasteiger partial charge on any atom is -0.333 e. The van der Waals surface area contributed by atoms with Crippen molar-refractivity contribution >= 4 is 20.9 Å². The topological polar surface area (TPSA) is 95.6 Å². The average molecular weight is 513 g/mol. The highest BCUT2D eigenvalue weighted by Gasteiger charge is 2.34. The number of benzene rings is 2. The highest BCUT2D eigenvalue weighted by Crippen LogP contribution is 2.31. The predicted octanol–water partition coefficient (Wildman–Crippen LogP) is 4.36. The highest BCUT2D eigenvalue weighted by atomic mass is 32.2. The zero-order chi connectivity index (χ0) is 25.7. The summed E-state index contributed by atoms with van der Waals surface area (Å²) in [4.78, 5) is 12.8. The second kappa shape index (κ2) is 8.55. The average Bonchev–Trinajstić information content (AvgIpc) is 3.42. The Labute approximate surface area is 204 Å². The Morgan fingerprint density at radius 3 is 2.36 bits per heavy atom. The molecule has 0 aliphatic heterocycles. The summed E-state index contributed by atoms with van der Waals surface area (Å²) in [6.07, 6.45) is 0.774. The van der Waals surface area contributed by atoms with Crippen molar-refractivity contribution in [2.45, 2.75) is 17.6 Å². The summed E-state index contributed by atoms with van der Waals surface area (Å²) in [6, 6.07) is 13.5. The molecule has 0 fully saturated rings. The smallest absolute Gasteiger partial charge is 0.333 e. The van der Waals surface area contributed by atoms with Gasteiger partial charge in [-0.1, -0.05) is 36.4 Å². The second-order valence-corrected chi connectivity index (χ2v) is 10.3. The van der Waals surface area contributed by atoms with Gasteiger partial charge in [0.1, 0.15) is 5.82 Å². The first-order chi connectivity index (χ1) is 17.0. The molecule has 5 rings (SSSR count). The SMILES string of the molecule is Cn1cc(C(F)(F)F)nc1-c1ccc(Cn2ncc3cnc(-c4ccccc4S(C)(=O)=O)nc32)cc1. The van der Waals surface area contributed by atoms with Crippen LogP contribution in [0.5, 0.6) is 0 Å². The molecular weight excluding hydrogens is 493 g/mol. The van der Waals surface area contributed by atoms with Gasteiger partial charge < -0.3 is 4.57 Å². The molecule has 0 aliphatic rings. The van der Waals surface area contributed by atoms with Crippen LogP contribution in [0.3, 0.4) is 0 Å². The molecule has 0 aliphatic carbocycles. The van der Waals surface area contributed by atoms with Crippen LogP contribution in [0.4, 0.5) is 13.2 Å². The van der Waals surface area contributed by atoms with E-state index in [2.05, 4.69) is 20.1 Å². The van der Waals surface area contributed by atoms with E-state index >= 15 is 0 Å². The van der Waals surface area contributed by atoms with Gasteiger partial charge in [-0.3, -0.25) is 0 Å². The van der Waals surface area contributed by atoms with Gasteiger partial charge in [0.05, 0.1) is 23.0 Å². The maximum Gasteiger partial charge on any atom is 0.434 e. The Hall–Kier alpha value is -4.06. The summed E-state index contributed by atoms with van der Waals surface area (Å²) >= 11 is 0. The fourth-order valence-electron chi connectivity index (χ4n) is 3.89. The van der Waals surface area contributed by atoms with Crippen LogP contribution in [0.1, 0.15) is 11.3 Å². The van der Waals surface area contributed by atoms with E-state index in [1.54, 1.807) is 59.5 Å². The lowest BCUT2D eigenvalue weighted by atomic mass is 10.1. The van der Waals surface area contributed by atoms with Crippen molar-refractivity contribution in [3.05, 3.63) is 78.4 Å². The lowest BCUT2D eigenvalue weighted by Crippen LogP contribution is -2.05. The van der Waals surface area contributed by atoms with Crippen molar-refractivity contribution in [2.24, 2.45) is 7.05 Å². The summed E-state index contributed by atoms with van der Waals surface area (Å²) in [6.45, 7) is 0.336. The maximum absolute atomic E-state index is 13.0. The molecule has 2 aromatic carbocycles. The third kappa shape index (κ3) is 4.47. The van der Waals surface area contributed by atoms with E-state index in [1.807, 2.05) is 0 Å². The van der Waals surface area contributed by atoms with E-state index in [1.165, 1.54) is 17.7 Å². The van der Waals surface area contributed by atoms with Crippen LogP contribution >= 0.6 is 0 Å². The first-order valence-corrected chi connectivity index (χ1v) is 12.6. The Balaban J connectivity index is 1.46. The number of aryl methyl sites for hydroxylation is 1. The molecule has 0 radical (unpaired) electrons. The Kier molecular flexibility index (Phi) is 5.62. The van der Waals surface area contributed by atoms with Gasteiger partial charge in [-0.2, -0.15) is 18.3 Å². The first-order valence-electron chi connectivity index (χ1n) is 10.7. The number of aromatic nitrogens is 6. The van der Waals surface area contributed by atoms with Crippen molar-refractivity contribution < 1.29 is 21.6 Å². The van der Waals surface area contributed by atoms with Gasteiger partial charge in [0.15, 0.2) is 27.0 Å². The van der Waals surface area contributed by atoms with Crippen LogP contribution in [0, 0.1) is 0 Å². The zero-order valence-corrected chi connectivity index (χ0v) is 19.9. The quantitative estimate of drug-likeness (QED) is 0.347. The van der Waals surface area contributed by atoms with Crippen LogP contribution in [0.15, 0.2) is 72.0 Å². The molecule has 0 amide bonds. The minimum atomic E-state index is -4.51. The number of halogens is 3. The summed E-state index contributed by atoms with van der Waals surface area (Å²) in [7, 11) is -1.97. The Bertz CT molecular complexity index is 1690. The third-order valence-electron chi connectivity index (χ3n) is 5.62. The maximum atomic E-state index is 13.0. The van der Waals surface area contributed by atoms with E-state index in [9.17, 15) is 21.6 Å². The summed E-state index contributed by atoms with van der Waals surface area (Å²) in [5, 5.41) is 5.06. The van der Waals surface area contributed by atoms with E-state index in [0.29, 0.717) is 28.7 Å². The van der Waals surface area contributed by atoms with Crippen molar-refractivity contribution in [3.8, 4) is 22.8 Å². The number of hydrogen-bond acceptors (Lipinski definition) is 6. The molecule has 0 spiro atoms. The summed E-state index contributed by atoms with van der Waals surface area (Å²) in [5.41, 5.74) is 1.35.